The number of halogens is 1. The minimum Gasteiger partial charge on any atom is -0.353 e. The van der Waals surface area contributed by atoms with E-state index in [-0.39, 0.29) is 28.7 Å². The van der Waals surface area contributed by atoms with Gasteiger partial charge < -0.3 is 10.2 Å². The molecule has 2 aromatic carbocycles. The Labute approximate surface area is 193 Å². The number of carbonyl (C=O) groups excluding carboxylic acids is 2. The Morgan fingerprint density at radius 3 is 2.24 bits per heavy atom. The number of nitrogens with zero attached hydrogens (tertiary/aromatic N) is 1. The number of benzene rings is 2. The number of hydrogen-bond acceptors (Lipinski definition) is 4. The highest BCUT2D eigenvalue weighted by molar-refractivity contribution is 7.92. The minimum absolute atomic E-state index is 0.0324. The molecule has 2 aromatic rings. The molecule has 7 nitrogen and oxygen atoms in total. The van der Waals surface area contributed by atoms with Gasteiger partial charge in [0.25, 0.3) is 15.9 Å². The maximum absolute atomic E-state index is 13.1. The average Bonchev–Trinajstić information content (AvgIpc) is 3.32. The highest BCUT2D eigenvalue weighted by atomic mass is 32.2. The van der Waals surface area contributed by atoms with Crippen LogP contribution in [0.2, 0.25) is 0 Å². The van der Waals surface area contributed by atoms with Crippen molar-refractivity contribution in [2.45, 2.75) is 49.5 Å². The second-order valence-corrected chi connectivity index (χ2v) is 10.4. The van der Waals surface area contributed by atoms with Crippen LogP contribution in [-0.2, 0) is 14.8 Å². The highest BCUT2D eigenvalue weighted by Gasteiger charge is 2.30. The van der Waals surface area contributed by atoms with E-state index in [1.807, 2.05) is 0 Å². The Bertz CT molecular complexity index is 1100. The molecule has 1 heterocycles. The van der Waals surface area contributed by atoms with Gasteiger partial charge in [-0.25, -0.2) is 12.8 Å². The second kappa shape index (κ2) is 9.91. The normalized spacial score (nSPS) is 19.3. The zero-order chi connectivity index (χ0) is 23.4. The lowest BCUT2D eigenvalue weighted by molar-refractivity contribution is -0.127. The molecule has 1 atom stereocenters. The molecule has 0 aromatic heterocycles. The van der Waals surface area contributed by atoms with Crippen molar-refractivity contribution in [2.75, 3.05) is 17.8 Å². The van der Waals surface area contributed by atoms with Crippen LogP contribution in [0.3, 0.4) is 0 Å². The molecule has 4 rings (SSSR count). The molecule has 1 unspecified atom stereocenters. The van der Waals surface area contributed by atoms with Crippen molar-refractivity contribution in [1.29, 1.82) is 0 Å². The molecule has 1 saturated heterocycles. The molecule has 2 aliphatic rings. The third kappa shape index (κ3) is 5.71. The van der Waals surface area contributed by atoms with Crippen LogP contribution >= 0.6 is 0 Å². The summed E-state index contributed by atoms with van der Waals surface area (Å²) in [5.41, 5.74) is 0.722. The number of rotatable bonds is 6. The van der Waals surface area contributed by atoms with Gasteiger partial charge in [-0.3, -0.25) is 14.3 Å². The van der Waals surface area contributed by atoms with Crippen molar-refractivity contribution in [3.8, 4) is 0 Å². The lowest BCUT2D eigenvalue weighted by Gasteiger charge is -2.32. The zero-order valence-corrected chi connectivity index (χ0v) is 19.1. The minimum atomic E-state index is -3.87. The first-order valence-corrected chi connectivity index (χ1v) is 12.8. The molecule has 0 bridgehead atoms. The van der Waals surface area contributed by atoms with E-state index in [0.29, 0.717) is 24.3 Å². The lowest BCUT2D eigenvalue weighted by atomic mass is 9.96. The van der Waals surface area contributed by atoms with E-state index in [9.17, 15) is 22.4 Å². The van der Waals surface area contributed by atoms with Crippen molar-refractivity contribution in [1.82, 2.24) is 10.2 Å². The summed E-state index contributed by atoms with van der Waals surface area (Å²) >= 11 is 0. The maximum atomic E-state index is 13.1. The summed E-state index contributed by atoms with van der Waals surface area (Å²) in [5.74, 6) is -0.871. The summed E-state index contributed by atoms with van der Waals surface area (Å²) in [4.78, 5) is 27.3. The fourth-order valence-corrected chi connectivity index (χ4v) is 5.51. The standard InChI is InChI=1S/C24H28FN3O4S/c25-19-9-13-22(14-10-19)33(31,32)27-21-11-7-17(8-12-21)24(30)28-15-3-4-18(16-28)23(29)26-20-5-1-2-6-20/h7-14,18,20,27H,1-6,15-16H2,(H,26,29). The van der Waals surface area contributed by atoms with Gasteiger partial charge in [0.15, 0.2) is 0 Å². The van der Waals surface area contributed by atoms with Gasteiger partial charge in [-0.05, 0) is 74.2 Å². The number of piperidine rings is 1. The van der Waals surface area contributed by atoms with E-state index in [1.54, 1.807) is 17.0 Å². The van der Waals surface area contributed by atoms with E-state index in [0.717, 1.165) is 50.7 Å². The van der Waals surface area contributed by atoms with E-state index >= 15 is 0 Å². The SMILES string of the molecule is O=C(NC1CCCC1)C1CCCN(C(=O)c2ccc(NS(=O)(=O)c3ccc(F)cc3)cc2)C1. The second-order valence-electron chi connectivity index (χ2n) is 8.72. The molecule has 2 N–H and O–H groups in total. The molecule has 1 aliphatic carbocycles. The number of anilines is 1. The van der Waals surface area contributed by atoms with Gasteiger partial charge in [-0.1, -0.05) is 12.8 Å². The number of sulfonamides is 1. The van der Waals surface area contributed by atoms with E-state index in [4.69, 9.17) is 0 Å². The Kier molecular flexibility index (Phi) is 6.97. The largest absolute Gasteiger partial charge is 0.353 e. The molecular formula is C24H28FN3O4S. The topological polar surface area (TPSA) is 95.6 Å². The molecular weight excluding hydrogens is 445 g/mol. The van der Waals surface area contributed by atoms with Gasteiger partial charge in [0.1, 0.15) is 5.82 Å². The summed E-state index contributed by atoms with van der Waals surface area (Å²) in [7, 11) is -3.87. The molecule has 1 saturated carbocycles. The number of hydrogen-bond donors (Lipinski definition) is 2. The van der Waals surface area contributed by atoms with Crippen LogP contribution in [0, 0.1) is 11.7 Å². The van der Waals surface area contributed by atoms with Gasteiger partial charge >= 0.3 is 0 Å². The van der Waals surface area contributed by atoms with Crippen LogP contribution in [0.4, 0.5) is 10.1 Å². The van der Waals surface area contributed by atoms with Crippen LogP contribution in [-0.4, -0.2) is 44.3 Å². The number of amides is 2. The molecule has 9 heteroatoms. The lowest BCUT2D eigenvalue weighted by Crippen LogP contribution is -2.47. The summed E-state index contributed by atoms with van der Waals surface area (Å²) < 4.78 is 40.4. The van der Waals surface area contributed by atoms with Gasteiger partial charge in [0.05, 0.1) is 10.8 Å². The molecule has 1 aliphatic heterocycles. The van der Waals surface area contributed by atoms with Crippen molar-refractivity contribution in [3.63, 3.8) is 0 Å². The van der Waals surface area contributed by atoms with Crippen molar-refractivity contribution in [2.24, 2.45) is 5.92 Å². The van der Waals surface area contributed by atoms with Crippen LogP contribution in [0.25, 0.3) is 0 Å². The zero-order valence-electron chi connectivity index (χ0n) is 18.3. The monoisotopic (exact) mass is 473 g/mol. The molecule has 0 radical (unpaired) electrons. The maximum Gasteiger partial charge on any atom is 0.261 e. The molecule has 2 fully saturated rings. The number of likely N-dealkylation sites (tertiary alicyclic amines) is 1. The fraction of sp³-hybridized carbons (Fsp3) is 0.417. The first kappa shape index (κ1) is 23.2. The third-order valence-corrected chi connectivity index (χ3v) is 7.69. The van der Waals surface area contributed by atoms with E-state index < -0.39 is 15.8 Å². The fourth-order valence-electron chi connectivity index (χ4n) is 4.46. The smallest absolute Gasteiger partial charge is 0.261 e. The summed E-state index contributed by atoms with van der Waals surface area (Å²) in [6, 6.07) is 10.9. The van der Waals surface area contributed by atoms with Crippen molar-refractivity contribution < 1.29 is 22.4 Å². The predicted molar refractivity (Wildman–Crippen MR) is 123 cm³/mol. The van der Waals surface area contributed by atoms with E-state index in [1.165, 1.54) is 24.3 Å². The Hall–Kier alpha value is -2.94. The molecule has 176 valence electrons. The van der Waals surface area contributed by atoms with Gasteiger partial charge in [-0.2, -0.15) is 0 Å². The number of nitrogens with one attached hydrogen (secondary N) is 2. The third-order valence-electron chi connectivity index (χ3n) is 6.29. The molecule has 0 spiro atoms. The highest BCUT2D eigenvalue weighted by Crippen LogP contribution is 2.23. The van der Waals surface area contributed by atoms with Crippen LogP contribution < -0.4 is 10.0 Å². The van der Waals surface area contributed by atoms with Gasteiger partial charge in [-0.15, -0.1) is 0 Å². The number of carbonyl (C=O) groups is 2. The first-order valence-electron chi connectivity index (χ1n) is 11.3. The molecule has 33 heavy (non-hydrogen) atoms. The van der Waals surface area contributed by atoms with Crippen LogP contribution in [0.15, 0.2) is 53.4 Å². The quantitative estimate of drug-likeness (QED) is 0.671. The van der Waals surface area contributed by atoms with Gasteiger partial charge in [0, 0.05) is 30.4 Å². The van der Waals surface area contributed by atoms with Crippen molar-refractivity contribution >= 4 is 27.5 Å². The Morgan fingerprint density at radius 2 is 1.58 bits per heavy atom. The Morgan fingerprint density at radius 1 is 0.909 bits per heavy atom. The van der Waals surface area contributed by atoms with Gasteiger partial charge in [0.2, 0.25) is 5.91 Å². The Balaban J connectivity index is 1.37. The first-order chi connectivity index (χ1) is 15.8. The van der Waals surface area contributed by atoms with Crippen molar-refractivity contribution in [3.05, 3.63) is 59.9 Å². The average molecular weight is 474 g/mol. The predicted octanol–water partition coefficient (Wildman–Crippen LogP) is 3.54. The summed E-state index contributed by atoms with van der Waals surface area (Å²) in [6.07, 6.45) is 5.89. The van der Waals surface area contributed by atoms with Crippen LogP contribution in [0.1, 0.15) is 48.9 Å². The summed E-state index contributed by atoms with van der Waals surface area (Å²) in [5, 5.41) is 3.13. The molecule has 2 amide bonds. The van der Waals surface area contributed by atoms with Crippen LogP contribution in [0.5, 0.6) is 0 Å². The summed E-state index contributed by atoms with van der Waals surface area (Å²) in [6.45, 7) is 0.974. The van der Waals surface area contributed by atoms with E-state index in [2.05, 4.69) is 10.0 Å².